The lowest BCUT2D eigenvalue weighted by Crippen LogP contribution is -2.38. The first-order valence-electron chi connectivity index (χ1n) is 5.17. The number of nitrogens with one attached hydrogen (secondary N) is 1. The molecule has 0 heterocycles. The van der Waals surface area contributed by atoms with E-state index < -0.39 is 34.6 Å². The molecule has 6 heteroatoms. The van der Waals surface area contributed by atoms with Gasteiger partial charge in [-0.3, -0.25) is 9.59 Å². The number of halogens is 2. The Bertz CT molecular complexity index is 512. The Hall–Kier alpha value is -1.98. The van der Waals surface area contributed by atoms with E-state index in [-0.39, 0.29) is 5.56 Å². The van der Waals surface area contributed by atoms with Crippen molar-refractivity contribution >= 4 is 17.6 Å². The van der Waals surface area contributed by atoms with Crippen LogP contribution in [-0.2, 0) is 9.59 Å². The molecule has 0 aromatic heterocycles. The quantitative estimate of drug-likeness (QED) is 0.817. The summed E-state index contributed by atoms with van der Waals surface area (Å²) in [7, 11) is 0. The zero-order valence-electron chi connectivity index (χ0n) is 10.2. The predicted octanol–water partition coefficient (Wildman–Crippen LogP) is 2.32. The number of hydrogen-bond donors (Lipinski definition) is 2. The summed E-state index contributed by atoms with van der Waals surface area (Å²) in [5, 5.41) is 10.8. The number of carbonyl (C=O) groups excluding carboxylic acids is 1. The monoisotopic (exact) mass is 257 g/mol. The predicted molar refractivity (Wildman–Crippen MR) is 61.1 cm³/mol. The molecule has 1 amide bonds. The second-order valence-electron chi connectivity index (χ2n) is 4.44. The molecule has 0 radical (unpaired) electrons. The maximum absolute atomic E-state index is 13.6. The van der Waals surface area contributed by atoms with Crippen LogP contribution in [0.25, 0.3) is 0 Å². The largest absolute Gasteiger partial charge is 0.480 e. The van der Waals surface area contributed by atoms with Gasteiger partial charge in [-0.15, -0.1) is 0 Å². The number of anilines is 1. The van der Waals surface area contributed by atoms with Crippen molar-refractivity contribution in [2.45, 2.75) is 20.8 Å². The standard InChI is InChI=1S/C12H13F2NO3/c1-6-4-5-7(13)9(8(6)14)15-10(16)12(2,3)11(17)18/h4-5H,1-3H3,(H,15,16)(H,17,18). The van der Waals surface area contributed by atoms with Crippen molar-refractivity contribution in [2.24, 2.45) is 5.41 Å². The van der Waals surface area contributed by atoms with Crippen LogP contribution in [-0.4, -0.2) is 17.0 Å². The van der Waals surface area contributed by atoms with E-state index in [9.17, 15) is 18.4 Å². The van der Waals surface area contributed by atoms with Gasteiger partial charge in [0.05, 0.1) is 0 Å². The molecule has 2 N–H and O–H groups in total. The van der Waals surface area contributed by atoms with E-state index in [0.29, 0.717) is 0 Å². The van der Waals surface area contributed by atoms with Crippen molar-refractivity contribution in [2.75, 3.05) is 5.32 Å². The van der Waals surface area contributed by atoms with Crippen molar-refractivity contribution in [1.82, 2.24) is 0 Å². The molecule has 1 rings (SSSR count). The summed E-state index contributed by atoms with van der Waals surface area (Å²) < 4.78 is 27.0. The summed E-state index contributed by atoms with van der Waals surface area (Å²) in [5.41, 5.74) is -2.25. The molecule has 0 fully saturated rings. The van der Waals surface area contributed by atoms with Crippen LogP contribution in [0.5, 0.6) is 0 Å². The van der Waals surface area contributed by atoms with Crippen LogP contribution in [0.15, 0.2) is 12.1 Å². The van der Waals surface area contributed by atoms with Crippen LogP contribution in [0.4, 0.5) is 14.5 Å². The third-order valence-electron chi connectivity index (χ3n) is 2.63. The molecule has 18 heavy (non-hydrogen) atoms. The Labute approximate surface area is 103 Å². The number of aryl methyl sites for hydroxylation is 1. The topological polar surface area (TPSA) is 66.4 Å². The van der Waals surface area contributed by atoms with E-state index in [2.05, 4.69) is 0 Å². The van der Waals surface area contributed by atoms with Gasteiger partial charge in [-0.1, -0.05) is 6.07 Å². The number of rotatable bonds is 3. The number of benzene rings is 1. The molecule has 0 aliphatic rings. The lowest BCUT2D eigenvalue weighted by molar-refractivity contribution is -0.151. The second kappa shape index (κ2) is 4.72. The third kappa shape index (κ3) is 2.47. The van der Waals surface area contributed by atoms with Gasteiger partial charge < -0.3 is 10.4 Å². The first-order chi connectivity index (χ1) is 8.17. The summed E-state index contributed by atoms with van der Waals surface area (Å²) in [6.07, 6.45) is 0. The molecule has 0 aliphatic heterocycles. The highest BCUT2D eigenvalue weighted by atomic mass is 19.1. The number of hydrogen-bond acceptors (Lipinski definition) is 2. The Morgan fingerprint density at radius 2 is 1.83 bits per heavy atom. The van der Waals surface area contributed by atoms with Crippen LogP contribution in [0, 0.1) is 24.0 Å². The first-order valence-corrected chi connectivity index (χ1v) is 5.17. The van der Waals surface area contributed by atoms with E-state index in [0.717, 1.165) is 19.9 Å². The molecule has 0 spiro atoms. The summed E-state index contributed by atoms with van der Waals surface area (Å²) in [6.45, 7) is 3.71. The smallest absolute Gasteiger partial charge is 0.318 e. The van der Waals surface area contributed by atoms with Gasteiger partial charge in [-0.2, -0.15) is 0 Å². The van der Waals surface area contributed by atoms with E-state index in [1.807, 2.05) is 5.32 Å². The van der Waals surface area contributed by atoms with E-state index in [4.69, 9.17) is 5.11 Å². The molecule has 0 saturated carbocycles. The van der Waals surface area contributed by atoms with Crippen molar-refractivity contribution < 1.29 is 23.5 Å². The molecule has 98 valence electrons. The SMILES string of the molecule is Cc1ccc(F)c(NC(=O)C(C)(C)C(=O)O)c1F. The Balaban J connectivity index is 3.10. The van der Waals surface area contributed by atoms with Crippen LogP contribution in [0.2, 0.25) is 0 Å². The average molecular weight is 257 g/mol. The number of carboxylic acids is 1. The molecule has 1 aromatic rings. The molecule has 0 bridgehead atoms. The van der Waals surface area contributed by atoms with E-state index in [1.165, 1.54) is 13.0 Å². The molecular formula is C12H13F2NO3. The van der Waals surface area contributed by atoms with Crippen LogP contribution >= 0.6 is 0 Å². The molecule has 0 saturated heterocycles. The Morgan fingerprint density at radius 3 is 2.33 bits per heavy atom. The third-order valence-corrected chi connectivity index (χ3v) is 2.63. The minimum absolute atomic E-state index is 0.153. The van der Waals surface area contributed by atoms with E-state index >= 15 is 0 Å². The maximum atomic E-state index is 13.6. The highest BCUT2D eigenvalue weighted by molar-refractivity contribution is 6.07. The minimum atomic E-state index is -1.78. The Morgan fingerprint density at radius 1 is 1.28 bits per heavy atom. The maximum Gasteiger partial charge on any atom is 0.318 e. The second-order valence-corrected chi connectivity index (χ2v) is 4.44. The average Bonchev–Trinajstić information content (AvgIpc) is 2.29. The van der Waals surface area contributed by atoms with Gasteiger partial charge >= 0.3 is 5.97 Å². The normalized spacial score (nSPS) is 11.2. The molecule has 4 nitrogen and oxygen atoms in total. The highest BCUT2D eigenvalue weighted by Gasteiger charge is 2.36. The van der Waals surface area contributed by atoms with Gasteiger partial charge in [0, 0.05) is 0 Å². The van der Waals surface area contributed by atoms with Crippen molar-refractivity contribution in [3.63, 3.8) is 0 Å². The van der Waals surface area contributed by atoms with Crippen molar-refractivity contribution in [3.8, 4) is 0 Å². The lowest BCUT2D eigenvalue weighted by atomic mass is 9.92. The molecule has 1 aromatic carbocycles. The summed E-state index contributed by atoms with van der Waals surface area (Å²) in [6, 6.07) is 2.23. The fraction of sp³-hybridized carbons (Fsp3) is 0.333. The fourth-order valence-electron chi connectivity index (χ4n) is 1.14. The zero-order chi connectivity index (χ0) is 14.1. The Kier molecular flexibility index (Phi) is 3.69. The number of carboxylic acid groups (broad SMARTS) is 1. The first kappa shape index (κ1) is 14.1. The van der Waals surface area contributed by atoms with Gasteiger partial charge in [0.25, 0.3) is 0 Å². The lowest BCUT2D eigenvalue weighted by Gasteiger charge is -2.19. The zero-order valence-corrected chi connectivity index (χ0v) is 10.2. The molecule has 0 unspecified atom stereocenters. The fourth-order valence-corrected chi connectivity index (χ4v) is 1.14. The minimum Gasteiger partial charge on any atom is -0.480 e. The van der Waals surface area contributed by atoms with Crippen molar-refractivity contribution in [3.05, 3.63) is 29.3 Å². The van der Waals surface area contributed by atoms with Gasteiger partial charge in [0.2, 0.25) is 5.91 Å². The van der Waals surface area contributed by atoms with Gasteiger partial charge in [-0.25, -0.2) is 8.78 Å². The van der Waals surface area contributed by atoms with Crippen LogP contribution in [0.3, 0.4) is 0 Å². The van der Waals surface area contributed by atoms with Crippen LogP contribution in [0.1, 0.15) is 19.4 Å². The van der Waals surface area contributed by atoms with Gasteiger partial charge in [-0.05, 0) is 32.4 Å². The van der Waals surface area contributed by atoms with Crippen LogP contribution < -0.4 is 5.32 Å². The van der Waals surface area contributed by atoms with Crippen molar-refractivity contribution in [1.29, 1.82) is 0 Å². The summed E-state index contributed by atoms with van der Waals surface area (Å²) >= 11 is 0. The number of amides is 1. The molecular weight excluding hydrogens is 244 g/mol. The number of carbonyl (C=O) groups is 2. The van der Waals surface area contributed by atoms with Gasteiger partial charge in [0.1, 0.15) is 16.9 Å². The molecule has 0 aliphatic carbocycles. The summed E-state index contributed by atoms with van der Waals surface area (Å²) in [4.78, 5) is 22.5. The summed E-state index contributed by atoms with van der Waals surface area (Å²) in [5.74, 6) is -4.23. The van der Waals surface area contributed by atoms with Gasteiger partial charge in [0.15, 0.2) is 5.82 Å². The van der Waals surface area contributed by atoms with E-state index in [1.54, 1.807) is 0 Å². The number of aliphatic carboxylic acids is 1. The highest BCUT2D eigenvalue weighted by Crippen LogP contribution is 2.25. The molecule has 0 atom stereocenters.